The smallest absolute Gasteiger partial charge is 0.255 e. The summed E-state index contributed by atoms with van der Waals surface area (Å²) >= 11 is 5.90. The Labute approximate surface area is 150 Å². The van der Waals surface area contributed by atoms with Crippen LogP contribution in [0.1, 0.15) is 10.4 Å². The van der Waals surface area contributed by atoms with Gasteiger partial charge in [0.15, 0.2) is 0 Å². The first-order valence-corrected chi connectivity index (χ1v) is 7.96. The summed E-state index contributed by atoms with van der Waals surface area (Å²) in [7, 11) is 1.61. The molecule has 1 heterocycles. The standard InChI is InChI=1S/C19H16ClN3O2/c1-25-17-8-3-2-7-16(17)23-18-10-9-15(12-21-18)22-19(24)13-5-4-6-14(20)11-13/h2-12H,1H3,(H,21,23)(H,22,24). The minimum Gasteiger partial charge on any atom is -0.495 e. The molecule has 25 heavy (non-hydrogen) atoms. The highest BCUT2D eigenvalue weighted by Crippen LogP contribution is 2.26. The van der Waals surface area contributed by atoms with E-state index in [9.17, 15) is 4.79 Å². The Kier molecular flexibility index (Phi) is 5.16. The highest BCUT2D eigenvalue weighted by Gasteiger charge is 2.07. The fraction of sp³-hybridized carbons (Fsp3) is 0.0526. The van der Waals surface area contributed by atoms with Gasteiger partial charge in [-0.1, -0.05) is 29.8 Å². The average Bonchev–Trinajstić information content (AvgIpc) is 2.64. The molecule has 126 valence electrons. The van der Waals surface area contributed by atoms with E-state index >= 15 is 0 Å². The highest BCUT2D eigenvalue weighted by atomic mass is 35.5. The lowest BCUT2D eigenvalue weighted by Crippen LogP contribution is -2.12. The number of carbonyl (C=O) groups is 1. The van der Waals surface area contributed by atoms with Crippen LogP contribution in [-0.2, 0) is 0 Å². The van der Waals surface area contributed by atoms with E-state index in [1.165, 1.54) is 0 Å². The van der Waals surface area contributed by atoms with Crippen molar-refractivity contribution in [3.05, 3.63) is 77.4 Å². The molecule has 3 aromatic rings. The van der Waals surface area contributed by atoms with E-state index in [0.29, 0.717) is 22.1 Å². The van der Waals surface area contributed by atoms with E-state index < -0.39 is 0 Å². The van der Waals surface area contributed by atoms with Crippen molar-refractivity contribution in [1.29, 1.82) is 0 Å². The Morgan fingerprint density at radius 1 is 1.08 bits per heavy atom. The first-order valence-electron chi connectivity index (χ1n) is 7.59. The van der Waals surface area contributed by atoms with Crippen molar-refractivity contribution in [3.8, 4) is 5.75 Å². The lowest BCUT2D eigenvalue weighted by atomic mass is 10.2. The second kappa shape index (κ2) is 7.68. The van der Waals surface area contributed by atoms with Gasteiger partial charge in [0, 0.05) is 10.6 Å². The number of halogens is 1. The summed E-state index contributed by atoms with van der Waals surface area (Å²) in [4.78, 5) is 16.5. The number of amides is 1. The molecule has 6 heteroatoms. The van der Waals surface area contributed by atoms with Crippen molar-refractivity contribution in [1.82, 2.24) is 4.98 Å². The van der Waals surface area contributed by atoms with Gasteiger partial charge in [0.2, 0.25) is 0 Å². The molecule has 0 aliphatic heterocycles. The first kappa shape index (κ1) is 16.8. The molecule has 0 saturated carbocycles. The van der Waals surface area contributed by atoms with E-state index in [1.807, 2.05) is 24.3 Å². The van der Waals surface area contributed by atoms with Crippen molar-refractivity contribution in [2.45, 2.75) is 0 Å². The summed E-state index contributed by atoms with van der Waals surface area (Å²) in [6.07, 6.45) is 1.58. The van der Waals surface area contributed by atoms with Crippen molar-refractivity contribution in [2.75, 3.05) is 17.7 Å². The Hall–Kier alpha value is -3.05. The summed E-state index contributed by atoms with van der Waals surface area (Å²) in [6, 6.07) is 17.9. The molecule has 2 aromatic carbocycles. The quantitative estimate of drug-likeness (QED) is 0.695. The Balaban J connectivity index is 1.69. The average molecular weight is 354 g/mol. The van der Waals surface area contributed by atoms with E-state index in [2.05, 4.69) is 15.6 Å². The van der Waals surface area contributed by atoms with Crippen LogP contribution < -0.4 is 15.4 Å². The number of pyridine rings is 1. The van der Waals surface area contributed by atoms with Crippen LogP contribution in [0.15, 0.2) is 66.9 Å². The fourth-order valence-corrected chi connectivity index (χ4v) is 2.45. The lowest BCUT2D eigenvalue weighted by molar-refractivity contribution is 0.102. The van der Waals surface area contributed by atoms with Gasteiger partial charge in [-0.2, -0.15) is 0 Å². The number of para-hydroxylation sites is 2. The van der Waals surface area contributed by atoms with Crippen LogP contribution in [0.25, 0.3) is 0 Å². The molecular formula is C19H16ClN3O2. The number of anilines is 3. The van der Waals surface area contributed by atoms with Crippen molar-refractivity contribution >= 4 is 34.7 Å². The molecule has 2 N–H and O–H groups in total. The number of ether oxygens (including phenoxy) is 1. The molecule has 0 aliphatic carbocycles. The predicted octanol–water partition coefficient (Wildman–Crippen LogP) is 4.74. The molecule has 0 saturated heterocycles. The fourth-order valence-electron chi connectivity index (χ4n) is 2.26. The first-order chi connectivity index (χ1) is 12.2. The molecule has 0 fully saturated rings. The van der Waals surface area contributed by atoms with Crippen LogP contribution in [-0.4, -0.2) is 18.0 Å². The highest BCUT2D eigenvalue weighted by molar-refractivity contribution is 6.31. The zero-order valence-corrected chi connectivity index (χ0v) is 14.2. The van der Waals surface area contributed by atoms with Crippen LogP contribution >= 0.6 is 11.6 Å². The van der Waals surface area contributed by atoms with Gasteiger partial charge in [-0.25, -0.2) is 4.98 Å². The van der Waals surface area contributed by atoms with Gasteiger partial charge in [-0.05, 0) is 42.5 Å². The van der Waals surface area contributed by atoms with Crippen molar-refractivity contribution in [3.63, 3.8) is 0 Å². The molecule has 0 spiro atoms. The molecule has 3 rings (SSSR count). The minimum absolute atomic E-state index is 0.241. The molecule has 0 aliphatic rings. The number of benzene rings is 2. The third-order valence-corrected chi connectivity index (χ3v) is 3.71. The monoisotopic (exact) mass is 353 g/mol. The van der Waals surface area contributed by atoms with Crippen LogP contribution in [0.5, 0.6) is 5.75 Å². The maximum absolute atomic E-state index is 12.2. The molecule has 5 nitrogen and oxygen atoms in total. The number of nitrogens with one attached hydrogen (secondary N) is 2. The van der Waals surface area contributed by atoms with E-state index in [-0.39, 0.29) is 5.91 Å². The van der Waals surface area contributed by atoms with Crippen LogP contribution in [0.4, 0.5) is 17.2 Å². The van der Waals surface area contributed by atoms with Crippen LogP contribution in [0, 0.1) is 0 Å². The lowest BCUT2D eigenvalue weighted by Gasteiger charge is -2.11. The molecule has 0 unspecified atom stereocenters. The molecule has 0 atom stereocenters. The SMILES string of the molecule is COc1ccccc1Nc1ccc(NC(=O)c2cccc(Cl)c2)cn1. The number of rotatable bonds is 5. The minimum atomic E-state index is -0.241. The van der Waals surface area contributed by atoms with Gasteiger partial charge in [0.1, 0.15) is 11.6 Å². The van der Waals surface area contributed by atoms with Gasteiger partial charge in [-0.15, -0.1) is 0 Å². The van der Waals surface area contributed by atoms with Gasteiger partial charge >= 0.3 is 0 Å². The summed E-state index contributed by atoms with van der Waals surface area (Å²) in [5.74, 6) is 1.13. The van der Waals surface area contributed by atoms with Crippen LogP contribution in [0.3, 0.4) is 0 Å². The summed E-state index contributed by atoms with van der Waals surface area (Å²) in [5.41, 5.74) is 1.90. The third-order valence-electron chi connectivity index (χ3n) is 3.48. The maximum Gasteiger partial charge on any atom is 0.255 e. The van der Waals surface area contributed by atoms with E-state index in [4.69, 9.17) is 16.3 Å². The topological polar surface area (TPSA) is 63.2 Å². The zero-order chi connectivity index (χ0) is 17.6. The number of nitrogens with zero attached hydrogens (tertiary/aromatic N) is 1. The summed E-state index contributed by atoms with van der Waals surface area (Å²) in [5, 5.41) is 6.48. The normalized spacial score (nSPS) is 10.2. The zero-order valence-electron chi connectivity index (χ0n) is 13.5. The number of carbonyl (C=O) groups excluding carboxylic acids is 1. The Bertz CT molecular complexity index is 882. The van der Waals surface area contributed by atoms with Crippen molar-refractivity contribution in [2.24, 2.45) is 0 Å². The number of hydrogen-bond acceptors (Lipinski definition) is 4. The predicted molar refractivity (Wildman–Crippen MR) is 99.9 cm³/mol. The largest absolute Gasteiger partial charge is 0.495 e. The van der Waals surface area contributed by atoms with Crippen LogP contribution in [0.2, 0.25) is 5.02 Å². The number of methoxy groups -OCH3 is 1. The number of aromatic nitrogens is 1. The Morgan fingerprint density at radius 2 is 1.92 bits per heavy atom. The van der Waals surface area contributed by atoms with Gasteiger partial charge in [0.05, 0.1) is 24.7 Å². The van der Waals surface area contributed by atoms with E-state index in [0.717, 1.165) is 11.4 Å². The van der Waals surface area contributed by atoms with Crippen molar-refractivity contribution < 1.29 is 9.53 Å². The summed E-state index contributed by atoms with van der Waals surface area (Å²) < 4.78 is 5.29. The van der Waals surface area contributed by atoms with Gasteiger partial charge in [-0.3, -0.25) is 4.79 Å². The maximum atomic E-state index is 12.2. The molecule has 0 bridgehead atoms. The van der Waals surface area contributed by atoms with Gasteiger partial charge in [0.25, 0.3) is 5.91 Å². The van der Waals surface area contributed by atoms with E-state index in [1.54, 1.807) is 49.7 Å². The number of hydrogen-bond donors (Lipinski definition) is 2. The third kappa shape index (κ3) is 4.28. The molecular weight excluding hydrogens is 338 g/mol. The Morgan fingerprint density at radius 3 is 2.64 bits per heavy atom. The summed E-state index contributed by atoms with van der Waals surface area (Å²) in [6.45, 7) is 0. The molecule has 0 radical (unpaired) electrons. The second-order valence-corrected chi connectivity index (χ2v) is 5.66. The molecule has 1 amide bonds. The second-order valence-electron chi connectivity index (χ2n) is 5.22. The van der Waals surface area contributed by atoms with Gasteiger partial charge < -0.3 is 15.4 Å². The molecule has 1 aromatic heterocycles.